The van der Waals surface area contributed by atoms with E-state index in [1.807, 2.05) is 41.9 Å². The lowest BCUT2D eigenvalue weighted by Gasteiger charge is -2.25. The number of nitrogens with one attached hydrogen (secondary N) is 1. The summed E-state index contributed by atoms with van der Waals surface area (Å²) in [6.07, 6.45) is 5.25. The Labute approximate surface area is 198 Å². The number of nitrogens with zero attached hydrogens (tertiary/aromatic N) is 4. The third-order valence-corrected chi connectivity index (χ3v) is 8.27. The van der Waals surface area contributed by atoms with E-state index in [9.17, 15) is 13.2 Å². The zero-order valence-corrected chi connectivity index (χ0v) is 19.9. The number of para-hydroxylation sites is 1. The summed E-state index contributed by atoms with van der Waals surface area (Å²) in [6.45, 7) is 1.13. The van der Waals surface area contributed by atoms with E-state index in [1.54, 1.807) is 28.7 Å². The van der Waals surface area contributed by atoms with E-state index in [-0.39, 0.29) is 17.2 Å². The minimum absolute atomic E-state index is 0.126. The van der Waals surface area contributed by atoms with Gasteiger partial charge in [-0.15, -0.1) is 0 Å². The molecule has 5 rings (SSSR count). The minimum atomic E-state index is -3.52. The highest BCUT2D eigenvalue weighted by Crippen LogP contribution is 2.25. The predicted octanol–water partition coefficient (Wildman–Crippen LogP) is 3.87. The lowest BCUT2D eigenvalue weighted by Crippen LogP contribution is -2.35. The number of hydrogen-bond donors (Lipinski definition) is 1. The molecule has 3 heterocycles. The number of imidazole rings is 1. The van der Waals surface area contributed by atoms with Crippen LogP contribution in [0.4, 0.5) is 5.69 Å². The number of anilines is 1. The van der Waals surface area contributed by atoms with Gasteiger partial charge in [-0.2, -0.15) is 4.31 Å². The Hall–Kier alpha value is -3.30. The van der Waals surface area contributed by atoms with Gasteiger partial charge in [-0.1, -0.05) is 24.6 Å². The summed E-state index contributed by atoms with van der Waals surface area (Å²) in [4.78, 5) is 21.9. The van der Waals surface area contributed by atoms with Crippen molar-refractivity contribution in [1.82, 2.24) is 18.8 Å². The van der Waals surface area contributed by atoms with Gasteiger partial charge in [-0.25, -0.2) is 13.4 Å². The lowest BCUT2D eigenvalue weighted by atomic mass is 10.2. The molecular formula is C25H27N5O3S. The second kappa shape index (κ2) is 9.15. The van der Waals surface area contributed by atoms with Crippen molar-refractivity contribution in [2.24, 2.45) is 7.05 Å². The molecule has 1 fully saturated rings. The van der Waals surface area contributed by atoms with Crippen LogP contribution in [0, 0.1) is 0 Å². The van der Waals surface area contributed by atoms with Crippen LogP contribution in [0.1, 0.15) is 31.5 Å². The normalized spacial score (nSPS) is 15.1. The summed E-state index contributed by atoms with van der Waals surface area (Å²) in [5.74, 6) is 0.604. The molecule has 2 aromatic heterocycles. The highest BCUT2D eigenvalue weighted by molar-refractivity contribution is 7.89. The zero-order chi connectivity index (χ0) is 23.7. The highest BCUT2D eigenvalue weighted by atomic mass is 32.2. The largest absolute Gasteiger partial charge is 0.331 e. The predicted molar refractivity (Wildman–Crippen MR) is 132 cm³/mol. The first kappa shape index (κ1) is 22.5. The molecule has 0 saturated carbocycles. The van der Waals surface area contributed by atoms with E-state index in [0.717, 1.165) is 41.5 Å². The van der Waals surface area contributed by atoms with Gasteiger partial charge in [0.15, 0.2) is 0 Å². The van der Waals surface area contributed by atoms with Gasteiger partial charge in [0.1, 0.15) is 5.82 Å². The van der Waals surface area contributed by atoms with E-state index in [2.05, 4.69) is 15.3 Å². The van der Waals surface area contributed by atoms with Crippen molar-refractivity contribution in [3.8, 4) is 0 Å². The second-order valence-electron chi connectivity index (χ2n) is 8.63. The maximum absolute atomic E-state index is 13.0. The van der Waals surface area contributed by atoms with Crippen molar-refractivity contribution in [3.63, 3.8) is 0 Å². The first-order valence-electron chi connectivity index (χ1n) is 11.5. The van der Waals surface area contributed by atoms with E-state index in [0.29, 0.717) is 30.7 Å². The molecule has 9 heteroatoms. The average Bonchev–Trinajstić information content (AvgIpc) is 3.18. The number of rotatable bonds is 6. The number of pyridine rings is 1. The molecule has 0 spiro atoms. The molecule has 0 unspecified atom stereocenters. The van der Waals surface area contributed by atoms with Gasteiger partial charge < -0.3 is 9.88 Å². The molecule has 176 valence electrons. The number of aryl methyl sites for hydroxylation is 2. The summed E-state index contributed by atoms with van der Waals surface area (Å²) < 4.78 is 29.6. The van der Waals surface area contributed by atoms with Crippen LogP contribution in [0.5, 0.6) is 0 Å². The van der Waals surface area contributed by atoms with Crippen molar-refractivity contribution in [2.45, 2.75) is 37.0 Å². The number of amides is 1. The maximum Gasteiger partial charge on any atom is 0.243 e. The SMILES string of the molecule is Cn1c(CCC(=O)Nc2cccc3cccnc23)nc2cc(S(=O)(=O)N3CCCCC3)ccc21. The van der Waals surface area contributed by atoms with Gasteiger partial charge in [0.05, 0.1) is 27.1 Å². The van der Waals surface area contributed by atoms with E-state index in [4.69, 9.17) is 0 Å². The fraction of sp³-hybridized carbons (Fsp3) is 0.320. The van der Waals surface area contributed by atoms with Crippen LogP contribution in [-0.2, 0) is 28.3 Å². The van der Waals surface area contributed by atoms with E-state index in [1.165, 1.54) is 0 Å². The minimum Gasteiger partial charge on any atom is -0.331 e. The molecule has 1 aliphatic rings. The fourth-order valence-corrected chi connectivity index (χ4v) is 6.05. The molecule has 0 radical (unpaired) electrons. The molecule has 1 saturated heterocycles. The molecule has 8 nitrogen and oxygen atoms in total. The standard InChI is InChI=1S/C25H27N5O3S/c1-29-22-11-10-19(34(32,33)30-15-3-2-4-16-30)17-21(22)27-23(29)12-13-24(31)28-20-9-5-7-18-8-6-14-26-25(18)20/h5-11,14,17H,2-4,12-13,15-16H2,1H3,(H,28,31). The van der Waals surface area contributed by atoms with Gasteiger partial charge in [0.2, 0.25) is 15.9 Å². The topological polar surface area (TPSA) is 97.2 Å². The van der Waals surface area contributed by atoms with Crippen LogP contribution in [0.3, 0.4) is 0 Å². The third-order valence-electron chi connectivity index (χ3n) is 6.38. The number of aromatic nitrogens is 3. The lowest BCUT2D eigenvalue weighted by molar-refractivity contribution is -0.116. The molecule has 1 amide bonds. The summed E-state index contributed by atoms with van der Waals surface area (Å²) in [5.41, 5.74) is 2.89. The Bertz CT molecular complexity index is 1470. The molecular weight excluding hydrogens is 450 g/mol. The third kappa shape index (κ3) is 4.28. The fourth-order valence-electron chi connectivity index (χ4n) is 4.51. The van der Waals surface area contributed by atoms with E-state index >= 15 is 0 Å². The maximum atomic E-state index is 13.0. The molecule has 1 aliphatic heterocycles. The summed E-state index contributed by atoms with van der Waals surface area (Å²) in [5, 5.41) is 3.91. The molecule has 4 aromatic rings. The van der Waals surface area contributed by atoms with Crippen LogP contribution >= 0.6 is 0 Å². The smallest absolute Gasteiger partial charge is 0.243 e. The number of benzene rings is 2. The Morgan fingerprint density at radius 1 is 1.06 bits per heavy atom. The number of piperidine rings is 1. The first-order valence-corrected chi connectivity index (χ1v) is 13.0. The Kier molecular flexibility index (Phi) is 6.05. The van der Waals surface area contributed by atoms with Gasteiger partial charge in [0, 0.05) is 44.6 Å². The van der Waals surface area contributed by atoms with Crippen LogP contribution < -0.4 is 5.32 Å². The van der Waals surface area contributed by atoms with Crippen molar-refractivity contribution >= 4 is 43.6 Å². The zero-order valence-electron chi connectivity index (χ0n) is 19.1. The number of sulfonamides is 1. The Morgan fingerprint density at radius 3 is 2.68 bits per heavy atom. The van der Waals surface area contributed by atoms with Gasteiger partial charge >= 0.3 is 0 Å². The molecule has 1 N–H and O–H groups in total. The summed E-state index contributed by atoms with van der Waals surface area (Å²) in [6, 6.07) is 14.6. The van der Waals surface area contributed by atoms with Crippen LogP contribution in [0.25, 0.3) is 21.9 Å². The van der Waals surface area contributed by atoms with Crippen molar-refractivity contribution in [1.29, 1.82) is 0 Å². The monoisotopic (exact) mass is 477 g/mol. The highest BCUT2D eigenvalue weighted by Gasteiger charge is 2.26. The van der Waals surface area contributed by atoms with Crippen molar-refractivity contribution in [2.75, 3.05) is 18.4 Å². The molecule has 0 aliphatic carbocycles. The molecule has 0 bridgehead atoms. The molecule has 0 atom stereocenters. The molecule has 2 aromatic carbocycles. The van der Waals surface area contributed by atoms with Crippen LogP contribution in [0.15, 0.2) is 59.6 Å². The number of carbonyl (C=O) groups excluding carboxylic acids is 1. The van der Waals surface area contributed by atoms with Crippen LogP contribution in [0.2, 0.25) is 0 Å². The van der Waals surface area contributed by atoms with Gasteiger partial charge in [-0.3, -0.25) is 9.78 Å². The quantitative estimate of drug-likeness (QED) is 0.455. The number of carbonyl (C=O) groups is 1. The van der Waals surface area contributed by atoms with Crippen molar-refractivity contribution < 1.29 is 13.2 Å². The van der Waals surface area contributed by atoms with Gasteiger partial charge in [0.25, 0.3) is 0 Å². The second-order valence-corrected chi connectivity index (χ2v) is 10.6. The van der Waals surface area contributed by atoms with Gasteiger partial charge in [-0.05, 0) is 43.2 Å². The van der Waals surface area contributed by atoms with Crippen LogP contribution in [-0.4, -0.2) is 46.3 Å². The Morgan fingerprint density at radius 2 is 1.85 bits per heavy atom. The summed E-state index contributed by atoms with van der Waals surface area (Å²) in [7, 11) is -1.64. The van der Waals surface area contributed by atoms with Crippen molar-refractivity contribution in [3.05, 3.63) is 60.6 Å². The average molecular weight is 478 g/mol. The van der Waals surface area contributed by atoms with E-state index < -0.39 is 10.0 Å². The molecule has 34 heavy (non-hydrogen) atoms. The summed E-state index contributed by atoms with van der Waals surface area (Å²) >= 11 is 0. The number of hydrogen-bond acceptors (Lipinski definition) is 5. The number of fused-ring (bicyclic) bond motifs is 2. The first-order chi connectivity index (χ1) is 16.4. The Balaban J connectivity index is 1.32.